The van der Waals surface area contributed by atoms with Crippen molar-refractivity contribution in [1.82, 2.24) is 9.88 Å². The van der Waals surface area contributed by atoms with Gasteiger partial charge in [0.2, 0.25) is 0 Å². The van der Waals surface area contributed by atoms with Crippen LogP contribution in [0, 0.1) is 5.41 Å². The van der Waals surface area contributed by atoms with Crippen molar-refractivity contribution >= 4 is 0 Å². The fourth-order valence-electron chi connectivity index (χ4n) is 2.15. The van der Waals surface area contributed by atoms with Crippen molar-refractivity contribution in [1.29, 1.82) is 0 Å². The fourth-order valence-corrected chi connectivity index (χ4v) is 2.15. The Balaban J connectivity index is 1.70. The number of nitrogens with one attached hydrogen (secondary N) is 1. The average molecular weight is 222 g/mol. The maximum Gasteiger partial charge on any atom is 0.0468 e. The molecule has 90 valence electrons. The first-order valence-electron chi connectivity index (χ1n) is 6.06. The van der Waals surface area contributed by atoms with E-state index in [2.05, 4.69) is 35.3 Å². The van der Waals surface area contributed by atoms with Crippen LogP contribution in [0.1, 0.15) is 25.0 Å². The Labute approximate surface area is 97.8 Å². The van der Waals surface area contributed by atoms with E-state index in [4.69, 9.17) is 4.74 Å². The van der Waals surface area contributed by atoms with Gasteiger partial charge >= 0.3 is 0 Å². The van der Waals surface area contributed by atoms with Crippen LogP contribution in [0.3, 0.4) is 0 Å². The number of aryl methyl sites for hydroxylation is 1. The molecule has 2 rings (SSSR count). The Morgan fingerprint density at radius 3 is 2.88 bits per heavy atom. The zero-order valence-electron chi connectivity index (χ0n) is 10.3. The molecule has 1 aromatic heterocycles. The van der Waals surface area contributed by atoms with Crippen LogP contribution in [0.15, 0.2) is 18.3 Å². The van der Waals surface area contributed by atoms with Gasteiger partial charge in [-0.2, -0.15) is 0 Å². The van der Waals surface area contributed by atoms with Crippen LogP contribution in [-0.2, 0) is 18.3 Å². The maximum absolute atomic E-state index is 5.16. The number of ether oxygens (including phenoxy) is 1. The van der Waals surface area contributed by atoms with Crippen LogP contribution in [0.4, 0.5) is 0 Å². The highest BCUT2D eigenvalue weighted by Crippen LogP contribution is 2.48. The van der Waals surface area contributed by atoms with Crippen molar-refractivity contribution in [2.75, 3.05) is 20.3 Å². The summed E-state index contributed by atoms with van der Waals surface area (Å²) < 4.78 is 7.33. The summed E-state index contributed by atoms with van der Waals surface area (Å²) in [5.41, 5.74) is 1.89. The predicted octanol–water partition coefficient (Wildman–Crippen LogP) is 1.93. The lowest BCUT2D eigenvalue weighted by Crippen LogP contribution is -2.25. The fraction of sp³-hybridized carbons (Fsp3) is 0.692. The molecule has 16 heavy (non-hydrogen) atoms. The average Bonchev–Trinajstić information content (AvgIpc) is 2.94. The summed E-state index contributed by atoms with van der Waals surface area (Å²) in [5.74, 6) is 0. The topological polar surface area (TPSA) is 26.2 Å². The van der Waals surface area contributed by atoms with Crippen LogP contribution in [0.25, 0.3) is 0 Å². The molecular weight excluding hydrogens is 200 g/mol. The van der Waals surface area contributed by atoms with Crippen molar-refractivity contribution < 1.29 is 4.74 Å². The van der Waals surface area contributed by atoms with E-state index >= 15 is 0 Å². The molecule has 1 heterocycles. The third-order valence-corrected chi connectivity index (χ3v) is 3.65. The summed E-state index contributed by atoms with van der Waals surface area (Å²) >= 11 is 0. The van der Waals surface area contributed by atoms with Crippen molar-refractivity contribution in [3.8, 4) is 0 Å². The molecule has 3 nitrogen and oxygen atoms in total. The Kier molecular flexibility index (Phi) is 3.66. The van der Waals surface area contributed by atoms with Gasteiger partial charge in [-0.05, 0) is 36.8 Å². The number of nitrogens with zero attached hydrogens (tertiary/aromatic N) is 1. The van der Waals surface area contributed by atoms with Crippen molar-refractivity contribution in [3.05, 3.63) is 24.0 Å². The van der Waals surface area contributed by atoms with Crippen LogP contribution in [0.2, 0.25) is 0 Å². The summed E-state index contributed by atoms with van der Waals surface area (Å²) in [6.07, 6.45) is 6.01. The Bertz CT molecular complexity index is 328. The summed E-state index contributed by atoms with van der Waals surface area (Å²) in [6.45, 7) is 2.99. The molecule has 0 atom stereocenters. The largest absolute Gasteiger partial charge is 0.385 e. The van der Waals surface area contributed by atoms with E-state index in [0.29, 0.717) is 5.41 Å². The Morgan fingerprint density at radius 1 is 1.50 bits per heavy atom. The predicted molar refractivity (Wildman–Crippen MR) is 65.3 cm³/mol. The molecule has 1 saturated carbocycles. The molecule has 0 amide bonds. The summed E-state index contributed by atoms with van der Waals surface area (Å²) in [6, 6.07) is 4.26. The highest BCUT2D eigenvalue weighted by molar-refractivity contribution is 5.06. The highest BCUT2D eigenvalue weighted by Gasteiger charge is 2.41. The molecule has 0 unspecified atom stereocenters. The minimum Gasteiger partial charge on any atom is -0.385 e. The molecule has 1 aliphatic carbocycles. The minimum atomic E-state index is 0.543. The van der Waals surface area contributed by atoms with Crippen molar-refractivity contribution in [2.24, 2.45) is 12.5 Å². The molecule has 1 aromatic rings. The van der Waals surface area contributed by atoms with Gasteiger partial charge in [0.25, 0.3) is 0 Å². The van der Waals surface area contributed by atoms with Crippen LogP contribution in [-0.4, -0.2) is 24.8 Å². The molecule has 0 saturated heterocycles. The van der Waals surface area contributed by atoms with Gasteiger partial charge in [-0.3, -0.25) is 0 Å². The van der Waals surface area contributed by atoms with E-state index in [9.17, 15) is 0 Å². The van der Waals surface area contributed by atoms with Gasteiger partial charge in [0.15, 0.2) is 0 Å². The van der Waals surface area contributed by atoms with Crippen LogP contribution in [0.5, 0.6) is 0 Å². The van der Waals surface area contributed by atoms with Gasteiger partial charge in [-0.25, -0.2) is 0 Å². The number of aromatic nitrogens is 1. The zero-order chi connectivity index (χ0) is 11.4. The second-order valence-corrected chi connectivity index (χ2v) is 4.96. The molecule has 0 spiro atoms. The second-order valence-electron chi connectivity index (χ2n) is 4.96. The van der Waals surface area contributed by atoms with Crippen molar-refractivity contribution in [2.45, 2.75) is 25.8 Å². The molecule has 1 fully saturated rings. The first kappa shape index (κ1) is 11.7. The molecular formula is C13H22N2O. The van der Waals surface area contributed by atoms with Gasteiger partial charge < -0.3 is 14.6 Å². The Morgan fingerprint density at radius 2 is 2.31 bits per heavy atom. The van der Waals surface area contributed by atoms with E-state index in [1.54, 1.807) is 7.11 Å². The van der Waals surface area contributed by atoms with Gasteiger partial charge in [0.1, 0.15) is 0 Å². The van der Waals surface area contributed by atoms with E-state index in [1.807, 2.05) is 0 Å². The highest BCUT2D eigenvalue weighted by atomic mass is 16.5. The number of hydrogen-bond donors (Lipinski definition) is 1. The quantitative estimate of drug-likeness (QED) is 0.763. The zero-order valence-corrected chi connectivity index (χ0v) is 10.3. The lowest BCUT2D eigenvalue weighted by molar-refractivity contribution is 0.171. The minimum absolute atomic E-state index is 0.543. The SMILES string of the molecule is COCCC1(CNCc2cccn2C)CC1. The monoisotopic (exact) mass is 222 g/mol. The molecule has 1 N–H and O–H groups in total. The summed E-state index contributed by atoms with van der Waals surface area (Å²) in [4.78, 5) is 0. The van der Waals surface area contributed by atoms with E-state index in [-0.39, 0.29) is 0 Å². The first-order chi connectivity index (χ1) is 7.76. The summed E-state index contributed by atoms with van der Waals surface area (Å²) in [5, 5.41) is 3.56. The molecule has 0 aliphatic heterocycles. The number of methoxy groups -OCH3 is 1. The second kappa shape index (κ2) is 5.02. The first-order valence-corrected chi connectivity index (χ1v) is 6.06. The van der Waals surface area contributed by atoms with Gasteiger partial charge in [-0.1, -0.05) is 0 Å². The van der Waals surface area contributed by atoms with Gasteiger partial charge in [-0.15, -0.1) is 0 Å². The standard InChI is InChI=1S/C13H22N2O/c1-15-8-3-4-12(15)10-14-11-13(5-6-13)7-9-16-2/h3-4,8,14H,5-7,9-11H2,1-2H3. The molecule has 3 heteroatoms. The van der Waals surface area contributed by atoms with Crippen molar-refractivity contribution in [3.63, 3.8) is 0 Å². The Hall–Kier alpha value is -0.800. The van der Waals surface area contributed by atoms with Gasteiger partial charge in [0.05, 0.1) is 0 Å². The normalized spacial score (nSPS) is 17.6. The molecule has 0 aromatic carbocycles. The van der Waals surface area contributed by atoms with E-state index in [0.717, 1.165) is 19.7 Å². The smallest absolute Gasteiger partial charge is 0.0468 e. The lowest BCUT2D eigenvalue weighted by atomic mass is 10.0. The van der Waals surface area contributed by atoms with Gasteiger partial charge in [0, 0.05) is 45.7 Å². The van der Waals surface area contributed by atoms with Crippen LogP contribution >= 0.6 is 0 Å². The lowest BCUT2D eigenvalue weighted by Gasteiger charge is -2.15. The van der Waals surface area contributed by atoms with E-state index in [1.165, 1.54) is 25.0 Å². The molecule has 0 bridgehead atoms. The summed E-state index contributed by atoms with van der Waals surface area (Å²) in [7, 11) is 3.88. The third kappa shape index (κ3) is 2.86. The van der Waals surface area contributed by atoms with E-state index < -0.39 is 0 Å². The third-order valence-electron chi connectivity index (χ3n) is 3.65. The molecule has 1 aliphatic rings. The van der Waals surface area contributed by atoms with Crippen LogP contribution < -0.4 is 5.32 Å². The maximum atomic E-state index is 5.16. The number of rotatable bonds is 7. The molecule has 0 radical (unpaired) electrons. The number of hydrogen-bond acceptors (Lipinski definition) is 2.